The van der Waals surface area contributed by atoms with Crippen molar-refractivity contribution in [1.82, 2.24) is 14.9 Å². The van der Waals surface area contributed by atoms with Crippen LogP contribution < -0.4 is 16.6 Å². The Hall–Kier alpha value is -3.36. The molecule has 0 aliphatic carbocycles. The number of rotatable bonds is 5. The van der Waals surface area contributed by atoms with Gasteiger partial charge in [-0.25, -0.2) is 4.79 Å². The summed E-state index contributed by atoms with van der Waals surface area (Å²) in [4.78, 5) is 47.7. The largest absolute Gasteiger partial charge is 0.494 e. The van der Waals surface area contributed by atoms with Crippen molar-refractivity contribution < 1.29 is 19.8 Å². The lowest BCUT2D eigenvalue weighted by Gasteiger charge is -2.11. The molecule has 0 saturated heterocycles. The number of aromatic amines is 1. The maximum Gasteiger partial charge on any atom is 0.331 e. The molecule has 1 amide bonds. The van der Waals surface area contributed by atoms with Crippen molar-refractivity contribution in [1.29, 1.82) is 0 Å². The van der Waals surface area contributed by atoms with Crippen molar-refractivity contribution in [3.05, 3.63) is 62.3 Å². The number of carboxylic acids is 1. The third kappa shape index (κ3) is 3.64. The molecule has 2 rings (SSSR count). The van der Waals surface area contributed by atoms with Gasteiger partial charge in [0.1, 0.15) is 6.54 Å². The maximum absolute atomic E-state index is 11.8. The predicted octanol–water partition coefficient (Wildman–Crippen LogP) is -0.895. The number of benzene rings is 1. The average Bonchev–Trinajstić information content (AvgIpc) is 2.50. The minimum absolute atomic E-state index is 0.0680. The second-order valence-corrected chi connectivity index (χ2v) is 4.61. The van der Waals surface area contributed by atoms with Crippen LogP contribution in [0.4, 0.5) is 0 Å². The molecule has 0 atom stereocenters. The van der Waals surface area contributed by atoms with Gasteiger partial charge in [-0.2, -0.15) is 0 Å². The molecule has 120 valence electrons. The molecule has 0 bridgehead atoms. The summed E-state index contributed by atoms with van der Waals surface area (Å²) in [6.45, 7) is -0.795. The van der Waals surface area contributed by atoms with Crippen molar-refractivity contribution in [2.75, 3.05) is 6.54 Å². The molecule has 0 fully saturated rings. The number of aromatic nitrogens is 2. The standard InChI is InChI=1S/C14H13N3O6/c18-9(19)6-15-11(20)10-12(21)16-14(23)17(13(10)22)7-8-4-2-1-3-5-8/h1-5,22H,6-7H2,(H,15,20)(H,18,19)(H,16,21,23). The molecule has 0 spiro atoms. The molecule has 4 N–H and O–H groups in total. The van der Waals surface area contributed by atoms with Gasteiger partial charge in [0.2, 0.25) is 5.88 Å². The Kier molecular flexibility index (Phi) is 4.60. The number of carbonyl (C=O) groups is 2. The van der Waals surface area contributed by atoms with E-state index in [1.54, 1.807) is 30.3 Å². The second-order valence-electron chi connectivity index (χ2n) is 4.61. The molecule has 0 aliphatic heterocycles. The van der Waals surface area contributed by atoms with Crippen LogP contribution in [0, 0.1) is 0 Å². The van der Waals surface area contributed by atoms with Gasteiger partial charge < -0.3 is 15.5 Å². The number of amides is 1. The first-order valence-corrected chi connectivity index (χ1v) is 6.50. The Balaban J connectivity index is 2.43. The summed E-state index contributed by atoms with van der Waals surface area (Å²) in [6, 6.07) is 8.61. The number of hydrogen-bond acceptors (Lipinski definition) is 5. The summed E-state index contributed by atoms with van der Waals surface area (Å²) in [5.74, 6) is -3.23. The first-order valence-electron chi connectivity index (χ1n) is 6.50. The summed E-state index contributed by atoms with van der Waals surface area (Å²) in [5.41, 5.74) is -2.04. The lowest BCUT2D eigenvalue weighted by atomic mass is 10.2. The minimum Gasteiger partial charge on any atom is -0.494 e. The quantitative estimate of drug-likeness (QED) is 0.563. The van der Waals surface area contributed by atoms with E-state index in [0.29, 0.717) is 5.56 Å². The predicted molar refractivity (Wildman–Crippen MR) is 78.5 cm³/mol. The van der Waals surface area contributed by atoms with Gasteiger partial charge in [-0.3, -0.25) is 23.9 Å². The highest BCUT2D eigenvalue weighted by Crippen LogP contribution is 2.12. The molecule has 23 heavy (non-hydrogen) atoms. The Morgan fingerprint density at radius 1 is 1.17 bits per heavy atom. The number of aliphatic carboxylic acids is 1. The molecule has 0 radical (unpaired) electrons. The number of aromatic hydroxyl groups is 1. The van der Waals surface area contributed by atoms with E-state index in [4.69, 9.17) is 5.11 Å². The first-order chi connectivity index (χ1) is 10.9. The summed E-state index contributed by atoms with van der Waals surface area (Å²) < 4.78 is 0.812. The van der Waals surface area contributed by atoms with Gasteiger partial charge >= 0.3 is 11.7 Å². The van der Waals surface area contributed by atoms with Crippen LogP contribution in [0.2, 0.25) is 0 Å². The summed E-state index contributed by atoms with van der Waals surface area (Å²) in [7, 11) is 0. The Bertz CT molecular complexity index is 853. The van der Waals surface area contributed by atoms with E-state index in [1.165, 1.54) is 0 Å². The van der Waals surface area contributed by atoms with Gasteiger partial charge in [-0.05, 0) is 5.56 Å². The van der Waals surface area contributed by atoms with Crippen molar-refractivity contribution in [3.63, 3.8) is 0 Å². The van der Waals surface area contributed by atoms with Crippen LogP contribution in [0.1, 0.15) is 15.9 Å². The summed E-state index contributed by atoms with van der Waals surface area (Å²) in [6.07, 6.45) is 0. The second kappa shape index (κ2) is 6.60. The van der Waals surface area contributed by atoms with Crippen molar-refractivity contribution in [2.45, 2.75) is 6.54 Å². The topological polar surface area (TPSA) is 141 Å². The van der Waals surface area contributed by atoms with Gasteiger partial charge in [0.15, 0.2) is 5.56 Å². The van der Waals surface area contributed by atoms with Gasteiger partial charge in [-0.1, -0.05) is 30.3 Å². The SMILES string of the molecule is O=C(O)CNC(=O)c1c(O)n(Cc2ccccc2)c(=O)[nH]c1=O. The van der Waals surface area contributed by atoms with Crippen LogP contribution in [0.15, 0.2) is 39.9 Å². The molecule has 9 nitrogen and oxygen atoms in total. The Labute approximate surface area is 128 Å². The fraction of sp³-hybridized carbons (Fsp3) is 0.143. The molecular weight excluding hydrogens is 306 g/mol. The monoisotopic (exact) mass is 319 g/mol. The lowest BCUT2D eigenvalue weighted by molar-refractivity contribution is -0.135. The van der Waals surface area contributed by atoms with E-state index in [1.807, 2.05) is 10.3 Å². The number of nitrogens with zero attached hydrogens (tertiary/aromatic N) is 1. The van der Waals surface area contributed by atoms with E-state index in [-0.39, 0.29) is 6.54 Å². The van der Waals surface area contributed by atoms with E-state index in [2.05, 4.69) is 0 Å². The van der Waals surface area contributed by atoms with Crippen LogP contribution in [0.3, 0.4) is 0 Å². The van der Waals surface area contributed by atoms with E-state index < -0.39 is 41.1 Å². The zero-order chi connectivity index (χ0) is 17.0. The van der Waals surface area contributed by atoms with E-state index >= 15 is 0 Å². The molecule has 1 aromatic heterocycles. The highest BCUT2D eigenvalue weighted by atomic mass is 16.4. The van der Waals surface area contributed by atoms with Crippen LogP contribution in [0.25, 0.3) is 0 Å². The van der Waals surface area contributed by atoms with Gasteiger partial charge in [0.05, 0.1) is 6.54 Å². The third-order valence-electron chi connectivity index (χ3n) is 2.98. The number of carboxylic acid groups (broad SMARTS) is 1. The van der Waals surface area contributed by atoms with Gasteiger partial charge in [0.25, 0.3) is 11.5 Å². The molecule has 0 unspecified atom stereocenters. The molecule has 1 heterocycles. The fourth-order valence-electron chi connectivity index (χ4n) is 1.92. The zero-order valence-corrected chi connectivity index (χ0v) is 11.8. The van der Waals surface area contributed by atoms with Crippen LogP contribution in [0.5, 0.6) is 5.88 Å². The molecular formula is C14H13N3O6. The number of hydrogen-bond donors (Lipinski definition) is 4. The fourth-order valence-corrected chi connectivity index (χ4v) is 1.92. The lowest BCUT2D eigenvalue weighted by Crippen LogP contribution is -2.38. The average molecular weight is 319 g/mol. The molecule has 9 heteroatoms. The van der Waals surface area contributed by atoms with Crippen LogP contribution in [-0.4, -0.2) is 38.2 Å². The molecule has 2 aromatic rings. The van der Waals surface area contributed by atoms with E-state index in [9.17, 15) is 24.3 Å². The first kappa shape index (κ1) is 16.0. The van der Waals surface area contributed by atoms with Crippen LogP contribution in [-0.2, 0) is 11.3 Å². The zero-order valence-electron chi connectivity index (χ0n) is 11.8. The highest BCUT2D eigenvalue weighted by Gasteiger charge is 2.21. The normalized spacial score (nSPS) is 10.3. The van der Waals surface area contributed by atoms with Gasteiger partial charge in [0, 0.05) is 0 Å². The minimum atomic E-state index is -1.31. The van der Waals surface area contributed by atoms with E-state index in [0.717, 1.165) is 4.57 Å². The summed E-state index contributed by atoms with van der Waals surface area (Å²) in [5, 5.41) is 20.6. The number of carbonyl (C=O) groups excluding carboxylic acids is 1. The highest BCUT2D eigenvalue weighted by molar-refractivity contribution is 5.97. The summed E-state index contributed by atoms with van der Waals surface area (Å²) >= 11 is 0. The maximum atomic E-state index is 11.8. The number of nitrogens with one attached hydrogen (secondary N) is 2. The molecule has 1 aromatic carbocycles. The molecule has 0 saturated carbocycles. The van der Waals surface area contributed by atoms with Gasteiger partial charge in [-0.15, -0.1) is 0 Å². The van der Waals surface area contributed by atoms with Crippen LogP contribution >= 0.6 is 0 Å². The van der Waals surface area contributed by atoms with Crippen molar-refractivity contribution in [2.24, 2.45) is 0 Å². The Morgan fingerprint density at radius 2 is 1.83 bits per heavy atom. The third-order valence-corrected chi connectivity index (χ3v) is 2.98. The molecule has 0 aliphatic rings. The number of H-pyrrole nitrogens is 1. The Morgan fingerprint density at radius 3 is 2.43 bits per heavy atom. The van der Waals surface area contributed by atoms with Crippen molar-refractivity contribution >= 4 is 11.9 Å². The van der Waals surface area contributed by atoms with Crippen molar-refractivity contribution in [3.8, 4) is 5.88 Å². The smallest absolute Gasteiger partial charge is 0.331 e.